The molecule has 0 unspecified atom stereocenters. The lowest BCUT2D eigenvalue weighted by atomic mass is 10.1. The van der Waals surface area contributed by atoms with Crippen molar-refractivity contribution in [2.75, 3.05) is 0 Å². The van der Waals surface area contributed by atoms with Gasteiger partial charge in [-0.15, -0.1) is 0 Å². The Morgan fingerprint density at radius 3 is 2.27 bits per heavy atom. The number of benzene rings is 3. The predicted molar refractivity (Wildman–Crippen MR) is 120 cm³/mol. The number of carbonyl (C=O) groups excluding carboxylic acids is 1. The summed E-state index contributed by atoms with van der Waals surface area (Å²) in [6.07, 6.45) is 1.36. The summed E-state index contributed by atoms with van der Waals surface area (Å²) < 4.78 is 6.79. The van der Waals surface area contributed by atoms with Gasteiger partial charge in [0.05, 0.1) is 15.2 Å². The van der Waals surface area contributed by atoms with Gasteiger partial charge >= 0.3 is 5.97 Å². The minimum Gasteiger partial charge on any atom is -0.477 e. The molecule has 0 saturated heterocycles. The van der Waals surface area contributed by atoms with Crippen LogP contribution in [0.15, 0.2) is 78.5 Å². The first-order valence-corrected chi connectivity index (χ1v) is 9.83. The SMILES string of the molecule is N#Cc1ccc(C(=O)NC(=Cc2ccc(Oc3ccccc3I)cc2)C(=O)O)cc1. The van der Waals surface area contributed by atoms with E-state index >= 15 is 0 Å². The number of carboxylic acids is 1. The third kappa shape index (κ3) is 5.46. The molecule has 3 rings (SSSR count). The molecule has 0 aliphatic rings. The number of halogens is 1. The highest BCUT2D eigenvalue weighted by Gasteiger charge is 2.13. The molecule has 0 radical (unpaired) electrons. The van der Waals surface area contributed by atoms with Crippen molar-refractivity contribution in [2.24, 2.45) is 0 Å². The van der Waals surface area contributed by atoms with Crippen molar-refractivity contribution >= 4 is 40.5 Å². The highest BCUT2D eigenvalue weighted by Crippen LogP contribution is 2.26. The molecule has 0 aromatic heterocycles. The molecule has 3 aromatic rings. The molecule has 0 aliphatic heterocycles. The summed E-state index contributed by atoms with van der Waals surface area (Å²) in [4.78, 5) is 23.9. The topological polar surface area (TPSA) is 99.4 Å². The molecule has 0 spiro atoms. The molecule has 7 heteroatoms. The monoisotopic (exact) mass is 510 g/mol. The van der Waals surface area contributed by atoms with Crippen LogP contribution in [0, 0.1) is 14.9 Å². The van der Waals surface area contributed by atoms with Gasteiger partial charge < -0.3 is 15.2 Å². The van der Waals surface area contributed by atoms with E-state index in [0.29, 0.717) is 16.9 Å². The number of nitrogens with one attached hydrogen (secondary N) is 1. The average molecular weight is 510 g/mol. The first kappa shape index (κ1) is 21.1. The van der Waals surface area contributed by atoms with Crippen LogP contribution in [0.25, 0.3) is 6.08 Å². The van der Waals surface area contributed by atoms with Crippen LogP contribution in [0.5, 0.6) is 11.5 Å². The van der Waals surface area contributed by atoms with Gasteiger partial charge in [0.2, 0.25) is 0 Å². The molecule has 0 fully saturated rings. The molecule has 2 N–H and O–H groups in total. The fourth-order valence-electron chi connectivity index (χ4n) is 2.50. The lowest BCUT2D eigenvalue weighted by Gasteiger charge is -2.09. The first-order valence-electron chi connectivity index (χ1n) is 8.75. The zero-order valence-corrected chi connectivity index (χ0v) is 17.7. The number of amides is 1. The summed E-state index contributed by atoms with van der Waals surface area (Å²) in [5, 5.41) is 20.6. The summed E-state index contributed by atoms with van der Waals surface area (Å²) in [6.45, 7) is 0. The molecule has 30 heavy (non-hydrogen) atoms. The molecule has 0 saturated carbocycles. The van der Waals surface area contributed by atoms with Gasteiger partial charge in [-0.1, -0.05) is 24.3 Å². The zero-order chi connectivity index (χ0) is 21.5. The summed E-state index contributed by atoms with van der Waals surface area (Å²) in [5.74, 6) is -0.514. The van der Waals surface area contributed by atoms with Gasteiger partial charge in [0.15, 0.2) is 0 Å². The Morgan fingerprint density at radius 2 is 1.67 bits per heavy atom. The Labute approximate surface area is 186 Å². The van der Waals surface area contributed by atoms with E-state index in [0.717, 1.165) is 9.32 Å². The molecule has 148 valence electrons. The molecule has 3 aromatic carbocycles. The maximum atomic E-state index is 12.3. The lowest BCUT2D eigenvalue weighted by molar-refractivity contribution is -0.132. The van der Waals surface area contributed by atoms with Crippen molar-refractivity contribution < 1.29 is 19.4 Å². The number of aliphatic carboxylic acids is 1. The normalized spacial score (nSPS) is 10.7. The maximum Gasteiger partial charge on any atom is 0.352 e. The minimum absolute atomic E-state index is 0.252. The lowest BCUT2D eigenvalue weighted by Crippen LogP contribution is -2.27. The molecular weight excluding hydrogens is 495 g/mol. The number of carboxylic acid groups (broad SMARTS) is 1. The molecular formula is C23H15IN2O4. The van der Waals surface area contributed by atoms with Gasteiger partial charge in [0.1, 0.15) is 17.2 Å². The van der Waals surface area contributed by atoms with Crippen molar-refractivity contribution in [1.82, 2.24) is 5.32 Å². The molecule has 0 atom stereocenters. The standard InChI is InChI=1S/C23H15IN2O4/c24-19-3-1-2-4-21(19)30-18-11-7-15(8-12-18)13-20(23(28)29)26-22(27)17-9-5-16(14-25)6-10-17/h1-13H,(H,26,27)(H,28,29). The Balaban J connectivity index is 1.74. The van der Waals surface area contributed by atoms with Crippen LogP contribution in [0.4, 0.5) is 0 Å². The number of hydrogen-bond donors (Lipinski definition) is 2. The second kappa shape index (κ2) is 9.71. The van der Waals surface area contributed by atoms with Crippen molar-refractivity contribution in [3.05, 3.63) is 98.8 Å². The fraction of sp³-hybridized carbons (Fsp3) is 0. The number of rotatable bonds is 6. The molecule has 1 amide bonds. The van der Waals surface area contributed by atoms with Gasteiger partial charge in [-0.2, -0.15) is 5.26 Å². The van der Waals surface area contributed by atoms with E-state index in [4.69, 9.17) is 10.00 Å². The average Bonchev–Trinajstić information content (AvgIpc) is 2.76. The molecule has 0 heterocycles. The smallest absolute Gasteiger partial charge is 0.352 e. The number of para-hydroxylation sites is 1. The third-order valence-electron chi connectivity index (χ3n) is 4.01. The van der Waals surface area contributed by atoms with E-state index in [-0.39, 0.29) is 11.3 Å². The first-order chi connectivity index (χ1) is 14.5. The van der Waals surface area contributed by atoms with E-state index in [9.17, 15) is 14.7 Å². The van der Waals surface area contributed by atoms with Crippen molar-refractivity contribution in [2.45, 2.75) is 0 Å². The van der Waals surface area contributed by atoms with E-state index in [1.54, 1.807) is 24.3 Å². The van der Waals surface area contributed by atoms with Crippen LogP contribution < -0.4 is 10.1 Å². The van der Waals surface area contributed by atoms with Crippen LogP contribution in [-0.2, 0) is 4.79 Å². The number of nitriles is 1. The molecule has 6 nitrogen and oxygen atoms in total. The third-order valence-corrected chi connectivity index (χ3v) is 4.90. The van der Waals surface area contributed by atoms with Gasteiger partial charge in [-0.05, 0) is 82.8 Å². The maximum absolute atomic E-state index is 12.3. The highest BCUT2D eigenvalue weighted by atomic mass is 127. The zero-order valence-electron chi connectivity index (χ0n) is 15.5. The Hall–Kier alpha value is -3.64. The van der Waals surface area contributed by atoms with Gasteiger partial charge in [0, 0.05) is 5.56 Å². The summed E-state index contributed by atoms with van der Waals surface area (Å²) in [6, 6.07) is 22.3. The van der Waals surface area contributed by atoms with E-state index in [2.05, 4.69) is 27.9 Å². The summed E-state index contributed by atoms with van der Waals surface area (Å²) in [7, 11) is 0. The van der Waals surface area contributed by atoms with Gasteiger partial charge in [-0.25, -0.2) is 4.79 Å². The second-order valence-corrected chi connectivity index (χ2v) is 7.27. The second-order valence-electron chi connectivity index (χ2n) is 6.11. The van der Waals surface area contributed by atoms with Crippen LogP contribution in [-0.4, -0.2) is 17.0 Å². The quantitative estimate of drug-likeness (QED) is 0.367. The van der Waals surface area contributed by atoms with E-state index in [1.165, 1.54) is 30.3 Å². The summed E-state index contributed by atoms with van der Waals surface area (Å²) in [5.41, 5.74) is 0.980. The number of ether oxygens (including phenoxy) is 1. The Morgan fingerprint density at radius 1 is 1.00 bits per heavy atom. The molecule has 0 aliphatic carbocycles. The number of nitrogens with zero attached hydrogens (tertiary/aromatic N) is 1. The Bertz CT molecular complexity index is 1150. The molecule has 0 bridgehead atoms. The van der Waals surface area contributed by atoms with Crippen molar-refractivity contribution in [1.29, 1.82) is 5.26 Å². The highest BCUT2D eigenvalue weighted by molar-refractivity contribution is 14.1. The predicted octanol–water partition coefficient (Wildman–Crippen LogP) is 4.81. The fourth-order valence-corrected chi connectivity index (χ4v) is 2.99. The van der Waals surface area contributed by atoms with Crippen LogP contribution in [0.1, 0.15) is 21.5 Å². The van der Waals surface area contributed by atoms with E-state index < -0.39 is 11.9 Å². The number of hydrogen-bond acceptors (Lipinski definition) is 4. The Kier molecular flexibility index (Phi) is 6.83. The largest absolute Gasteiger partial charge is 0.477 e. The van der Waals surface area contributed by atoms with Gasteiger partial charge in [0.25, 0.3) is 5.91 Å². The van der Waals surface area contributed by atoms with E-state index in [1.807, 2.05) is 30.3 Å². The van der Waals surface area contributed by atoms with Crippen LogP contribution >= 0.6 is 22.6 Å². The van der Waals surface area contributed by atoms with Crippen molar-refractivity contribution in [3.8, 4) is 17.6 Å². The number of carbonyl (C=O) groups is 2. The van der Waals surface area contributed by atoms with Crippen LogP contribution in [0.3, 0.4) is 0 Å². The van der Waals surface area contributed by atoms with Crippen LogP contribution in [0.2, 0.25) is 0 Å². The van der Waals surface area contributed by atoms with Crippen molar-refractivity contribution in [3.63, 3.8) is 0 Å². The summed E-state index contributed by atoms with van der Waals surface area (Å²) >= 11 is 2.18. The van der Waals surface area contributed by atoms with Gasteiger partial charge in [-0.3, -0.25) is 4.79 Å². The minimum atomic E-state index is -1.27.